The van der Waals surface area contributed by atoms with E-state index < -0.39 is 0 Å². The first-order valence-electron chi connectivity index (χ1n) is 4.56. The lowest BCUT2D eigenvalue weighted by Crippen LogP contribution is -2.06. The van der Waals surface area contributed by atoms with Crippen molar-refractivity contribution in [2.45, 2.75) is 6.04 Å². The standard InChI is InChI=1S/C10H5Cl2N3S/c11-5-1-2-7(12)6(3-5)9-14-8-4-13-15-10(8)16-9/h1-4,8H. The molecule has 0 saturated heterocycles. The first-order valence-corrected chi connectivity index (χ1v) is 6.13. The highest BCUT2D eigenvalue weighted by Crippen LogP contribution is 2.32. The molecule has 0 amide bonds. The fourth-order valence-corrected chi connectivity index (χ4v) is 2.88. The number of benzene rings is 1. The summed E-state index contributed by atoms with van der Waals surface area (Å²) in [4.78, 5) is 4.48. The number of hydrogen-bond acceptors (Lipinski definition) is 4. The van der Waals surface area contributed by atoms with E-state index in [1.165, 1.54) is 11.8 Å². The molecule has 0 fully saturated rings. The van der Waals surface area contributed by atoms with Gasteiger partial charge in [-0.25, -0.2) is 0 Å². The molecule has 6 heteroatoms. The van der Waals surface area contributed by atoms with Gasteiger partial charge in [-0.05, 0) is 30.0 Å². The Morgan fingerprint density at radius 3 is 2.94 bits per heavy atom. The van der Waals surface area contributed by atoms with Gasteiger partial charge in [0.05, 0.1) is 11.2 Å². The Hall–Kier alpha value is -0.840. The van der Waals surface area contributed by atoms with Gasteiger partial charge in [-0.15, -0.1) is 5.10 Å². The van der Waals surface area contributed by atoms with E-state index in [1.54, 1.807) is 18.3 Å². The second-order valence-electron chi connectivity index (χ2n) is 3.31. The summed E-state index contributed by atoms with van der Waals surface area (Å²) in [5.74, 6) is 0. The van der Waals surface area contributed by atoms with Crippen LogP contribution in [0.5, 0.6) is 0 Å². The van der Waals surface area contributed by atoms with E-state index in [1.807, 2.05) is 6.07 Å². The second-order valence-corrected chi connectivity index (χ2v) is 5.16. The zero-order valence-corrected chi connectivity index (χ0v) is 10.2. The van der Waals surface area contributed by atoms with Gasteiger partial charge in [0, 0.05) is 10.6 Å². The van der Waals surface area contributed by atoms with Crippen molar-refractivity contribution in [3.05, 3.63) is 33.8 Å². The number of halogens is 2. The lowest BCUT2D eigenvalue weighted by atomic mass is 10.2. The van der Waals surface area contributed by atoms with Crippen LogP contribution in [0, 0.1) is 0 Å². The average molecular weight is 270 g/mol. The Kier molecular flexibility index (Phi) is 2.50. The Morgan fingerprint density at radius 1 is 1.25 bits per heavy atom. The summed E-state index contributed by atoms with van der Waals surface area (Å²) in [6.45, 7) is 0. The van der Waals surface area contributed by atoms with E-state index >= 15 is 0 Å². The lowest BCUT2D eigenvalue weighted by Gasteiger charge is -2.02. The maximum absolute atomic E-state index is 6.11. The Labute approximate surface area is 106 Å². The minimum atomic E-state index is -0.0324. The molecule has 0 aromatic heterocycles. The lowest BCUT2D eigenvalue weighted by molar-refractivity contribution is 1.22. The highest BCUT2D eigenvalue weighted by Gasteiger charge is 2.29. The van der Waals surface area contributed by atoms with Crippen LogP contribution in [-0.2, 0) is 0 Å². The zero-order valence-electron chi connectivity index (χ0n) is 7.89. The first kappa shape index (κ1) is 10.3. The molecule has 0 spiro atoms. The number of hydrogen-bond donors (Lipinski definition) is 0. The molecule has 0 aliphatic carbocycles. The van der Waals surface area contributed by atoms with Gasteiger partial charge in [0.15, 0.2) is 0 Å². The summed E-state index contributed by atoms with van der Waals surface area (Å²) in [5.41, 5.74) is 0.852. The number of thioether (sulfide) groups is 1. The van der Waals surface area contributed by atoms with Crippen molar-refractivity contribution in [3.63, 3.8) is 0 Å². The average Bonchev–Trinajstić information content (AvgIpc) is 2.81. The van der Waals surface area contributed by atoms with Gasteiger partial charge in [0.1, 0.15) is 16.1 Å². The molecule has 1 unspecified atom stereocenters. The van der Waals surface area contributed by atoms with Crippen LogP contribution >= 0.6 is 35.0 Å². The SMILES string of the molecule is Clc1ccc(Cl)c(C2=NC3C=NN=C3S2)c1. The summed E-state index contributed by atoms with van der Waals surface area (Å²) >= 11 is 13.5. The van der Waals surface area contributed by atoms with Gasteiger partial charge in [-0.2, -0.15) is 5.10 Å². The number of fused-ring (bicyclic) bond motifs is 1. The molecular formula is C10H5Cl2N3S. The van der Waals surface area contributed by atoms with E-state index in [0.29, 0.717) is 10.0 Å². The summed E-state index contributed by atoms with van der Waals surface area (Å²) in [6, 6.07) is 5.31. The Balaban J connectivity index is 2.03. The summed E-state index contributed by atoms with van der Waals surface area (Å²) < 4.78 is 0. The molecule has 80 valence electrons. The van der Waals surface area contributed by atoms with Crippen LogP contribution in [0.1, 0.15) is 5.56 Å². The molecule has 1 atom stereocenters. The maximum atomic E-state index is 6.11. The van der Waals surface area contributed by atoms with Gasteiger partial charge in [0.2, 0.25) is 0 Å². The fourth-order valence-electron chi connectivity index (χ4n) is 1.48. The topological polar surface area (TPSA) is 37.1 Å². The largest absolute Gasteiger partial charge is 0.261 e. The number of aliphatic imine (C=N–C) groups is 1. The third kappa shape index (κ3) is 1.67. The van der Waals surface area contributed by atoms with Gasteiger partial charge in [-0.3, -0.25) is 4.99 Å². The molecule has 2 heterocycles. The number of rotatable bonds is 1. The van der Waals surface area contributed by atoms with Crippen LogP contribution in [0.4, 0.5) is 0 Å². The first-order chi connectivity index (χ1) is 7.74. The smallest absolute Gasteiger partial charge is 0.138 e. The normalized spacial score (nSPS) is 22.0. The van der Waals surface area contributed by atoms with Crippen molar-refractivity contribution in [2.75, 3.05) is 0 Å². The van der Waals surface area contributed by atoms with Crippen LogP contribution in [0.25, 0.3) is 0 Å². The van der Waals surface area contributed by atoms with Crippen LogP contribution in [0.2, 0.25) is 10.0 Å². The molecule has 0 saturated carbocycles. The zero-order chi connectivity index (χ0) is 11.1. The molecule has 1 aromatic carbocycles. The quantitative estimate of drug-likeness (QED) is 0.771. The van der Waals surface area contributed by atoms with Crippen molar-refractivity contribution in [3.8, 4) is 0 Å². The number of nitrogens with zero attached hydrogens (tertiary/aromatic N) is 3. The van der Waals surface area contributed by atoms with E-state index in [4.69, 9.17) is 23.2 Å². The van der Waals surface area contributed by atoms with Crippen LogP contribution in [0.15, 0.2) is 33.4 Å². The molecular weight excluding hydrogens is 265 g/mol. The summed E-state index contributed by atoms with van der Waals surface area (Å²) in [5, 5.41) is 10.8. The minimum absolute atomic E-state index is 0.0324. The molecule has 3 nitrogen and oxygen atoms in total. The third-order valence-electron chi connectivity index (χ3n) is 2.23. The highest BCUT2D eigenvalue weighted by molar-refractivity contribution is 8.27. The molecule has 0 N–H and O–H groups in total. The van der Waals surface area contributed by atoms with Crippen LogP contribution in [0.3, 0.4) is 0 Å². The predicted octanol–water partition coefficient (Wildman–Crippen LogP) is 3.25. The molecule has 0 bridgehead atoms. The summed E-state index contributed by atoms with van der Waals surface area (Å²) in [6.07, 6.45) is 1.72. The second kappa shape index (κ2) is 3.87. The molecule has 0 radical (unpaired) electrons. The van der Waals surface area contributed by atoms with Crippen molar-refractivity contribution in [1.82, 2.24) is 0 Å². The summed E-state index contributed by atoms with van der Waals surface area (Å²) in [7, 11) is 0. The fraction of sp³-hybridized carbons (Fsp3) is 0.100. The van der Waals surface area contributed by atoms with Crippen molar-refractivity contribution < 1.29 is 0 Å². The van der Waals surface area contributed by atoms with Gasteiger partial charge in [-0.1, -0.05) is 23.2 Å². The van der Waals surface area contributed by atoms with Crippen molar-refractivity contribution in [1.29, 1.82) is 0 Å². The Bertz CT molecular complexity index is 551. The minimum Gasteiger partial charge on any atom is -0.261 e. The van der Waals surface area contributed by atoms with Crippen LogP contribution in [-0.4, -0.2) is 22.3 Å². The monoisotopic (exact) mass is 269 g/mol. The highest BCUT2D eigenvalue weighted by atomic mass is 35.5. The van der Waals surface area contributed by atoms with Crippen LogP contribution < -0.4 is 0 Å². The van der Waals surface area contributed by atoms with E-state index in [2.05, 4.69) is 15.2 Å². The van der Waals surface area contributed by atoms with Gasteiger partial charge >= 0.3 is 0 Å². The van der Waals surface area contributed by atoms with E-state index in [0.717, 1.165) is 15.7 Å². The predicted molar refractivity (Wildman–Crippen MR) is 70.3 cm³/mol. The van der Waals surface area contributed by atoms with Gasteiger partial charge in [0.25, 0.3) is 0 Å². The van der Waals surface area contributed by atoms with Crippen molar-refractivity contribution >= 4 is 51.3 Å². The molecule has 2 aliphatic heterocycles. The third-order valence-corrected chi connectivity index (χ3v) is 3.85. The molecule has 1 aromatic rings. The maximum Gasteiger partial charge on any atom is 0.138 e. The van der Waals surface area contributed by atoms with Crippen molar-refractivity contribution in [2.24, 2.45) is 15.2 Å². The van der Waals surface area contributed by atoms with E-state index in [-0.39, 0.29) is 6.04 Å². The van der Waals surface area contributed by atoms with Gasteiger partial charge < -0.3 is 0 Å². The van der Waals surface area contributed by atoms with E-state index in [9.17, 15) is 0 Å². The Morgan fingerprint density at radius 2 is 2.12 bits per heavy atom. The molecule has 3 rings (SSSR count). The molecule has 16 heavy (non-hydrogen) atoms. The molecule has 2 aliphatic rings.